The van der Waals surface area contributed by atoms with Gasteiger partial charge in [0.25, 0.3) is 0 Å². The van der Waals surface area contributed by atoms with Gasteiger partial charge >= 0.3 is 0 Å². The van der Waals surface area contributed by atoms with Crippen LogP contribution in [0.1, 0.15) is 16.7 Å². The van der Waals surface area contributed by atoms with E-state index >= 15 is 0 Å². The molecule has 1 aliphatic rings. The molecule has 0 amide bonds. The van der Waals surface area contributed by atoms with Gasteiger partial charge < -0.3 is 23.7 Å². The lowest BCUT2D eigenvalue weighted by Gasteiger charge is -2.25. The minimum absolute atomic E-state index is 0.194. The average molecular weight is 641 g/mol. The number of rotatable bonds is 11. The van der Waals surface area contributed by atoms with E-state index < -0.39 is 24.6 Å². The molecule has 1 heterocycles. The number of hydrogen-bond donors (Lipinski definition) is 0. The van der Waals surface area contributed by atoms with Crippen molar-refractivity contribution in [1.29, 1.82) is 0 Å². The van der Waals surface area contributed by atoms with Crippen molar-refractivity contribution in [3.63, 3.8) is 0 Å². The number of benzene rings is 3. The van der Waals surface area contributed by atoms with Crippen LogP contribution in [0.3, 0.4) is 0 Å². The first-order chi connectivity index (χ1) is 18.2. The molecule has 204 valence electrons. The molecule has 4 rings (SSSR count). The van der Waals surface area contributed by atoms with Crippen molar-refractivity contribution in [2.45, 2.75) is 44.4 Å². The minimum Gasteiger partial charge on any atom is -0.374 e. The third kappa shape index (κ3) is 7.90. The molecule has 0 spiro atoms. The predicted molar refractivity (Wildman–Crippen MR) is 152 cm³/mol. The van der Waals surface area contributed by atoms with Crippen molar-refractivity contribution >= 4 is 69.6 Å². The van der Waals surface area contributed by atoms with Crippen molar-refractivity contribution in [2.24, 2.45) is 0 Å². The molecule has 3 aromatic carbocycles. The van der Waals surface area contributed by atoms with Crippen LogP contribution in [0.4, 0.5) is 0 Å². The molecule has 11 heteroatoms. The van der Waals surface area contributed by atoms with Crippen molar-refractivity contribution < 1.29 is 23.7 Å². The molecule has 4 atom stereocenters. The van der Waals surface area contributed by atoms with E-state index in [1.165, 1.54) is 0 Å². The number of hydrogen-bond acceptors (Lipinski definition) is 5. The highest BCUT2D eigenvalue weighted by atomic mass is 35.5. The van der Waals surface area contributed by atoms with E-state index in [9.17, 15) is 0 Å². The summed E-state index contributed by atoms with van der Waals surface area (Å²) in [5, 5.41) is 3.14. The maximum absolute atomic E-state index is 6.37. The molecule has 4 unspecified atom stereocenters. The fraction of sp³-hybridized carbons (Fsp3) is 0.333. The Hall–Kier alpha value is -0.800. The van der Waals surface area contributed by atoms with Gasteiger partial charge in [-0.2, -0.15) is 0 Å². The molecule has 0 aromatic heterocycles. The van der Waals surface area contributed by atoms with Crippen molar-refractivity contribution in [3.05, 3.63) is 101 Å². The quantitative estimate of drug-likeness (QED) is 0.210. The zero-order valence-electron chi connectivity index (χ0n) is 20.1. The minimum atomic E-state index is -0.709. The summed E-state index contributed by atoms with van der Waals surface area (Å²) in [6.07, 6.45) is -2.37. The van der Waals surface area contributed by atoms with Gasteiger partial charge in [-0.15, -0.1) is 0 Å². The molecule has 0 bridgehead atoms. The van der Waals surface area contributed by atoms with Crippen LogP contribution in [0, 0.1) is 0 Å². The van der Waals surface area contributed by atoms with E-state index in [-0.39, 0.29) is 26.4 Å². The Labute approximate surface area is 251 Å². The van der Waals surface area contributed by atoms with Crippen LogP contribution in [0.2, 0.25) is 30.1 Å². The summed E-state index contributed by atoms with van der Waals surface area (Å²) in [5.41, 5.74) is 2.33. The summed E-state index contributed by atoms with van der Waals surface area (Å²) < 4.78 is 30.2. The standard InChI is InChI=1S/C27H24Cl6O5/c1-34-27-26(37-13-17-4-7-20(30)10-23(17)33)25(36-12-16-3-6-19(29)9-22(16)32)24(38-27)14-35-11-15-2-5-18(28)8-21(15)31/h2-10,24-27H,11-14H2,1H3. The maximum atomic E-state index is 6.37. The third-order valence-corrected chi connectivity index (χ3v) is 7.71. The van der Waals surface area contributed by atoms with Crippen LogP contribution in [0.15, 0.2) is 54.6 Å². The fourth-order valence-electron chi connectivity index (χ4n) is 3.97. The second-order valence-electron chi connectivity index (χ2n) is 8.55. The van der Waals surface area contributed by atoms with Crippen molar-refractivity contribution in [3.8, 4) is 0 Å². The van der Waals surface area contributed by atoms with Crippen LogP contribution < -0.4 is 0 Å². The van der Waals surface area contributed by atoms with Gasteiger partial charge in [-0.25, -0.2) is 0 Å². The van der Waals surface area contributed by atoms with Gasteiger partial charge in [-0.05, 0) is 53.1 Å². The number of ether oxygens (including phenoxy) is 5. The molecular weight excluding hydrogens is 617 g/mol. The van der Waals surface area contributed by atoms with Gasteiger partial charge in [-0.3, -0.25) is 0 Å². The Morgan fingerprint density at radius 2 is 1.08 bits per heavy atom. The Bertz CT molecular complexity index is 1240. The molecule has 0 saturated carbocycles. The van der Waals surface area contributed by atoms with Gasteiger partial charge in [0.05, 0.1) is 26.4 Å². The molecule has 1 fully saturated rings. The fourth-order valence-corrected chi connectivity index (χ4v) is 5.36. The highest BCUT2D eigenvalue weighted by molar-refractivity contribution is 6.36. The van der Waals surface area contributed by atoms with Crippen molar-refractivity contribution in [2.75, 3.05) is 13.7 Å². The molecule has 5 nitrogen and oxygen atoms in total. The Kier molecular flexibility index (Phi) is 11.3. The zero-order valence-corrected chi connectivity index (χ0v) is 24.7. The van der Waals surface area contributed by atoms with Crippen LogP contribution >= 0.6 is 69.6 Å². The summed E-state index contributed by atoms with van der Waals surface area (Å²) in [7, 11) is 1.54. The number of halogens is 6. The second-order valence-corrected chi connectivity index (χ2v) is 11.1. The van der Waals surface area contributed by atoms with Gasteiger partial charge in [0.1, 0.15) is 18.3 Å². The molecule has 0 N–H and O–H groups in total. The van der Waals surface area contributed by atoms with Crippen LogP contribution in [0.5, 0.6) is 0 Å². The maximum Gasteiger partial charge on any atom is 0.186 e. The smallest absolute Gasteiger partial charge is 0.186 e. The van der Waals surface area contributed by atoms with Crippen LogP contribution in [-0.2, 0) is 43.5 Å². The normalized spacial score (nSPS) is 21.2. The lowest BCUT2D eigenvalue weighted by Crippen LogP contribution is -2.39. The first kappa shape index (κ1) is 30.2. The Balaban J connectivity index is 1.49. The summed E-state index contributed by atoms with van der Waals surface area (Å²) in [6.45, 7) is 0.843. The molecule has 1 saturated heterocycles. The Morgan fingerprint density at radius 3 is 1.53 bits per heavy atom. The summed E-state index contributed by atoms with van der Waals surface area (Å²) in [4.78, 5) is 0. The van der Waals surface area contributed by atoms with E-state index in [4.69, 9.17) is 93.3 Å². The molecule has 38 heavy (non-hydrogen) atoms. The van der Waals surface area contributed by atoms with Gasteiger partial charge in [0.15, 0.2) is 6.29 Å². The van der Waals surface area contributed by atoms with E-state index in [0.717, 1.165) is 16.7 Å². The lowest BCUT2D eigenvalue weighted by atomic mass is 10.1. The predicted octanol–water partition coefficient (Wildman–Crippen LogP) is 8.67. The van der Waals surface area contributed by atoms with E-state index in [1.54, 1.807) is 43.5 Å². The van der Waals surface area contributed by atoms with Gasteiger partial charge in [0.2, 0.25) is 0 Å². The molecule has 0 aliphatic carbocycles. The summed E-state index contributed by atoms with van der Waals surface area (Å²) >= 11 is 37.1. The van der Waals surface area contributed by atoms with E-state index in [0.29, 0.717) is 30.1 Å². The van der Waals surface area contributed by atoms with Gasteiger partial charge in [-0.1, -0.05) is 87.8 Å². The monoisotopic (exact) mass is 638 g/mol. The van der Waals surface area contributed by atoms with Crippen molar-refractivity contribution in [1.82, 2.24) is 0 Å². The second kappa shape index (κ2) is 14.2. The topological polar surface area (TPSA) is 46.2 Å². The first-order valence-electron chi connectivity index (χ1n) is 11.6. The van der Waals surface area contributed by atoms with E-state index in [2.05, 4.69) is 0 Å². The molecule has 0 radical (unpaired) electrons. The lowest BCUT2D eigenvalue weighted by molar-refractivity contribution is -0.170. The van der Waals surface area contributed by atoms with Gasteiger partial charge in [0, 0.05) is 37.2 Å². The molecular formula is C27H24Cl6O5. The SMILES string of the molecule is COC1OC(COCc2ccc(Cl)cc2Cl)C(OCc2ccc(Cl)cc2Cl)C1OCc1ccc(Cl)cc1Cl. The Morgan fingerprint density at radius 1 is 0.632 bits per heavy atom. The van der Waals surface area contributed by atoms with E-state index in [1.807, 2.05) is 18.2 Å². The van der Waals surface area contributed by atoms with Crippen LogP contribution in [-0.4, -0.2) is 38.3 Å². The number of methoxy groups -OCH3 is 1. The third-order valence-electron chi connectivity index (χ3n) is 5.95. The first-order valence-corrected chi connectivity index (χ1v) is 13.8. The zero-order chi connectivity index (χ0) is 27.2. The highest BCUT2D eigenvalue weighted by Gasteiger charge is 2.47. The molecule has 3 aromatic rings. The summed E-state index contributed by atoms with van der Waals surface area (Å²) in [5.74, 6) is 0. The summed E-state index contributed by atoms with van der Waals surface area (Å²) in [6, 6.07) is 15.7. The molecule has 1 aliphatic heterocycles. The van der Waals surface area contributed by atoms with Crippen LogP contribution in [0.25, 0.3) is 0 Å². The largest absolute Gasteiger partial charge is 0.374 e. The highest BCUT2D eigenvalue weighted by Crippen LogP contribution is 2.32. The average Bonchev–Trinajstić information content (AvgIpc) is 3.20.